The van der Waals surface area contributed by atoms with E-state index in [1.807, 2.05) is 4.72 Å². The van der Waals surface area contributed by atoms with Crippen molar-refractivity contribution in [3.63, 3.8) is 0 Å². The van der Waals surface area contributed by atoms with Gasteiger partial charge in [0.2, 0.25) is 0 Å². The Balaban J connectivity index is 1.95. The van der Waals surface area contributed by atoms with Crippen LogP contribution in [0.15, 0.2) is 64.3 Å². The Kier molecular flexibility index (Phi) is 5.80. The molecule has 2 aromatic carbocycles. The lowest BCUT2D eigenvalue weighted by atomic mass is 10.1. The van der Waals surface area contributed by atoms with Gasteiger partial charge in [-0.2, -0.15) is 31.4 Å². The average Bonchev–Trinajstić information content (AvgIpc) is 2.69. The molecule has 1 aromatic heterocycles. The number of sulfonamides is 1. The number of benzene rings is 2. The van der Waals surface area contributed by atoms with Crippen molar-refractivity contribution in [2.75, 3.05) is 4.72 Å². The van der Waals surface area contributed by atoms with Gasteiger partial charge in [-0.15, -0.1) is 0 Å². The van der Waals surface area contributed by atoms with Gasteiger partial charge in [-0.05, 0) is 36.4 Å². The first kappa shape index (κ1) is 23.3. The lowest BCUT2D eigenvalue weighted by molar-refractivity contribution is -0.143. The van der Waals surface area contributed by atoms with Gasteiger partial charge in [0.15, 0.2) is 0 Å². The SMILES string of the molecule is Cn1nc(-c2ccc(NS(=O)(=O)c3cc(C(F)(F)F)cc(C(F)(F)F)c3)cc2)ccc1=O. The van der Waals surface area contributed by atoms with Crippen LogP contribution in [0.2, 0.25) is 0 Å². The molecule has 3 rings (SSSR count). The van der Waals surface area contributed by atoms with Gasteiger partial charge >= 0.3 is 12.4 Å². The zero-order valence-corrected chi connectivity index (χ0v) is 16.8. The first-order chi connectivity index (χ1) is 14.7. The minimum absolute atomic E-state index is 0.107. The van der Waals surface area contributed by atoms with Crippen molar-refractivity contribution in [1.82, 2.24) is 9.78 Å². The predicted octanol–water partition coefficient (Wildman–Crippen LogP) is 4.29. The van der Waals surface area contributed by atoms with Crippen LogP contribution < -0.4 is 10.3 Å². The molecule has 1 N–H and O–H groups in total. The molecule has 0 atom stereocenters. The predicted molar refractivity (Wildman–Crippen MR) is 102 cm³/mol. The van der Waals surface area contributed by atoms with Crippen LogP contribution in [-0.4, -0.2) is 18.2 Å². The van der Waals surface area contributed by atoms with Gasteiger partial charge in [-0.1, -0.05) is 12.1 Å². The van der Waals surface area contributed by atoms with Gasteiger partial charge in [0.05, 0.1) is 21.7 Å². The van der Waals surface area contributed by atoms with Crippen molar-refractivity contribution < 1.29 is 34.8 Å². The monoisotopic (exact) mass is 477 g/mol. The fourth-order valence-electron chi connectivity index (χ4n) is 2.66. The molecule has 1 heterocycles. The van der Waals surface area contributed by atoms with Gasteiger partial charge in [0.1, 0.15) is 0 Å². The van der Waals surface area contributed by atoms with E-state index in [0.717, 1.165) is 4.68 Å². The summed E-state index contributed by atoms with van der Waals surface area (Å²) in [7, 11) is -3.35. The first-order valence-corrected chi connectivity index (χ1v) is 10.1. The second-order valence-corrected chi connectivity index (χ2v) is 8.29. The van der Waals surface area contributed by atoms with Crippen molar-refractivity contribution in [2.45, 2.75) is 17.2 Å². The molecule has 6 nitrogen and oxygen atoms in total. The molecule has 0 fully saturated rings. The molecule has 0 saturated carbocycles. The number of alkyl halides is 6. The Bertz CT molecular complexity index is 1280. The largest absolute Gasteiger partial charge is 0.416 e. The molecule has 0 bridgehead atoms. The molecule has 32 heavy (non-hydrogen) atoms. The van der Waals surface area contributed by atoms with E-state index in [0.29, 0.717) is 11.3 Å². The lowest BCUT2D eigenvalue weighted by Gasteiger charge is -2.15. The third-order valence-corrected chi connectivity index (χ3v) is 5.63. The molecule has 0 aliphatic carbocycles. The van der Waals surface area contributed by atoms with Crippen LogP contribution in [0.1, 0.15) is 11.1 Å². The van der Waals surface area contributed by atoms with Crippen LogP contribution in [0.3, 0.4) is 0 Å². The number of rotatable bonds is 4. The maximum atomic E-state index is 13.0. The van der Waals surface area contributed by atoms with Gasteiger partial charge in [-0.3, -0.25) is 9.52 Å². The summed E-state index contributed by atoms with van der Waals surface area (Å²) in [6, 6.07) is 8.12. The molecule has 0 radical (unpaired) electrons. The minimum Gasteiger partial charge on any atom is -0.280 e. The van der Waals surface area contributed by atoms with Crippen LogP contribution in [0.4, 0.5) is 32.0 Å². The van der Waals surface area contributed by atoms with E-state index in [9.17, 15) is 39.6 Å². The number of aromatic nitrogens is 2. The van der Waals surface area contributed by atoms with Crippen molar-refractivity contribution in [2.24, 2.45) is 7.05 Å². The quantitative estimate of drug-likeness (QED) is 0.569. The summed E-state index contributed by atoms with van der Waals surface area (Å²) in [6.07, 6.45) is -10.4. The number of aryl methyl sites for hydroxylation is 1. The Morgan fingerprint density at radius 1 is 0.844 bits per heavy atom. The van der Waals surface area contributed by atoms with Crippen molar-refractivity contribution in [3.8, 4) is 11.3 Å². The maximum Gasteiger partial charge on any atom is 0.416 e. The highest BCUT2D eigenvalue weighted by molar-refractivity contribution is 7.92. The van der Waals surface area contributed by atoms with E-state index in [1.54, 1.807) is 0 Å². The van der Waals surface area contributed by atoms with Gasteiger partial charge < -0.3 is 0 Å². The van der Waals surface area contributed by atoms with Crippen molar-refractivity contribution in [1.29, 1.82) is 0 Å². The Morgan fingerprint density at radius 2 is 1.38 bits per heavy atom. The molecule has 3 aromatic rings. The second kappa shape index (κ2) is 7.97. The van der Waals surface area contributed by atoms with Crippen LogP contribution >= 0.6 is 0 Å². The number of anilines is 1. The molecule has 13 heteroatoms. The van der Waals surface area contributed by atoms with Crippen molar-refractivity contribution >= 4 is 15.7 Å². The summed E-state index contributed by atoms with van der Waals surface area (Å²) < 4.78 is 106. The first-order valence-electron chi connectivity index (χ1n) is 8.64. The standard InChI is InChI=1S/C19H13F6N3O3S/c1-28-17(29)7-6-16(26-28)11-2-4-14(5-3-11)27-32(30,31)15-9-12(18(20,21)22)8-13(10-15)19(23,24)25/h2-10,27H,1H3. The third-order valence-electron chi connectivity index (χ3n) is 4.26. The number of halogens is 6. The molecule has 0 aliphatic rings. The van der Waals surface area contributed by atoms with E-state index in [4.69, 9.17) is 0 Å². The van der Waals surface area contributed by atoms with E-state index < -0.39 is 38.4 Å². The van der Waals surface area contributed by atoms with Crippen LogP contribution in [0, 0.1) is 0 Å². The molecule has 0 saturated heterocycles. The summed E-state index contributed by atoms with van der Waals surface area (Å²) in [4.78, 5) is 10.2. The molecule has 170 valence electrons. The van der Waals surface area contributed by atoms with Gasteiger partial charge in [0, 0.05) is 24.4 Å². The van der Waals surface area contributed by atoms with Gasteiger partial charge in [0.25, 0.3) is 15.6 Å². The zero-order chi connectivity index (χ0) is 23.9. The minimum atomic E-state index is -5.18. The zero-order valence-electron chi connectivity index (χ0n) is 16.0. The highest BCUT2D eigenvalue weighted by Crippen LogP contribution is 2.37. The number of hydrogen-bond acceptors (Lipinski definition) is 4. The average molecular weight is 477 g/mol. The van der Waals surface area contributed by atoms with Crippen LogP contribution in [-0.2, 0) is 29.4 Å². The van der Waals surface area contributed by atoms with E-state index >= 15 is 0 Å². The molecule has 0 amide bonds. The second-order valence-electron chi connectivity index (χ2n) is 6.60. The molecular formula is C19H13F6N3O3S. The fraction of sp³-hybridized carbons (Fsp3) is 0.158. The number of hydrogen-bond donors (Lipinski definition) is 1. The fourth-order valence-corrected chi connectivity index (χ4v) is 3.79. The number of nitrogens with zero attached hydrogens (tertiary/aromatic N) is 2. The van der Waals surface area contributed by atoms with Gasteiger partial charge in [-0.25, -0.2) is 13.1 Å². The normalized spacial score (nSPS) is 12.6. The summed E-state index contributed by atoms with van der Waals surface area (Å²) in [5.41, 5.74) is -3.08. The summed E-state index contributed by atoms with van der Waals surface area (Å²) in [6.45, 7) is 0. The topological polar surface area (TPSA) is 81.1 Å². The summed E-state index contributed by atoms with van der Waals surface area (Å²) in [5.74, 6) is 0. The molecule has 0 aliphatic heterocycles. The molecular weight excluding hydrogens is 464 g/mol. The van der Waals surface area contributed by atoms with E-state index in [-0.39, 0.29) is 29.4 Å². The summed E-state index contributed by atoms with van der Waals surface area (Å²) in [5, 5.41) is 4.01. The Morgan fingerprint density at radius 3 is 1.84 bits per heavy atom. The summed E-state index contributed by atoms with van der Waals surface area (Å²) >= 11 is 0. The maximum absolute atomic E-state index is 13.0. The molecule has 0 spiro atoms. The van der Waals surface area contributed by atoms with E-state index in [1.165, 1.54) is 43.4 Å². The Hall–Kier alpha value is -3.35. The Labute approximate surface area is 177 Å². The van der Waals surface area contributed by atoms with Crippen LogP contribution in [0.25, 0.3) is 11.3 Å². The van der Waals surface area contributed by atoms with Crippen LogP contribution in [0.5, 0.6) is 0 Å². The lowest BCUT2D eigenvalue weighted by Crippen LogP contribution is -2.18. The number of nitrogens with one attached hydrogen (secondary N) is 1. The smallest absolute Gasteiger partial charge is 0.280 e. The van der Waals surface area contributed by atoms with Crippen molar-refractivity contribution in [3.05, 3.63) is 76.1 Å². The molecule has 0 unspecified atom stereocenters. The third kappa shape index (κ3) is 5.10. The highest BCUT2D eigenvalue weighted by atomic mass is 32.2. The highest BCUT2D eigenvalue weighted by Gasteiger charge is 2.38. The van der Waals surface area contributed by atoms with E-state index in [2.05, 4.69) is 5.10 Å².